The van der Waals surface area contributed by atoms with Crippen LogP contribution in [0, 0.1) is 5.41 Å². The Balaban J connectivity index is 2.22. The first-order valence-electron chi connectivity index (χ1n) is 9.96. The van der Waals surface area contributed by atoms with E-state index in [9.17, 15) is 4.79 Å². The van der Waals surface area contributed by atoms with Crippen molar-refractivity contribution < 1.29 is 4.79 Å². The first-order chi connectivity index (χ1) is 11.9. The van der Waals surface area contributed by atoms with Gasteiger partial charge in [0.25, 0.3) is 0 Å². The lowest BCUT2D eigenvalue weighted by Gasteiger charge is -2.19. The molecule has 0 radical (unpaired) electrons. The highest BCUT2D eigenvalue weighted by Gasteiger charge is 2.20. The third kappa shape index (κ3) is 10.3. The fourth-order valence-electron chi connectivity index (χ4n) is 2.81. The first-order valence-corrected chi connectivity index (χ1v) is 9.96. The summed E-state index contributed by atoms with van der Waals surface area (Å²) >= 11 is 0. The summed E-state index contributed by atoms with van der Waals surface area (Å²) in [6.07, 6.45) is 6.54. The van der Waals surface area contributed by atoms with Gasteiger partial charge in [0.05, 0.1) is 0 Å². The molecule has 0 unspecified atom stereocenters. The molecule has 25 heavy (non-hydrogen) atoms. The van der Waals surface area contributed by atoms with E-state index in [4.69, 9.17) is 0 Å². The van der Waals surface area contributed by atoms with Gasteiger partial charge in [-0.05, 0) is 45.8 Å². The Bertz CT molecular complexity index is 395. The Morgan fingerprint density at radius 1 is 1.00 bits per heavy atom. The Kier molecular flexibility index (Phi) is 10.5. The monoisotopic (exact) mass is 353 g/mol. The molecule has 1 saturated heterocycles. The Hall–Kier alpha value is -1.30. The minimum Gasteiger partial charge on any atom is -0.357 e. The summed E-state index contributed by atoms with van der Waals surface area (Å²) < 4.78 is 0. The zero-order valence-electron chi connectivity index (χ0n) is 16.8. The number of likely N-dealkylation sites (tertiary alicyclic amines) is 1. The predicted molar refractivity (Wildman–Crippen MR) is 106 cm³/mol. The highest BCUT2D eigenvalue weighted by atomic mass is 16.2. The van der Waals surface area contributed by atoms with Gasteiger partial charge in [-0.1, -0.05) is 33.6 Å². The number of amides is 1. The van der Waals surface area contributed by atoms with Gasteiger partial charge in [-0.25, -0.2) is 0 Å². The lowest BCUT2D eigenvalue weighted by atomic mass is 9.96. The van der Waals surface area contributed by atoms with E-state index in [2.05, 4.69) is 32.8 Å². The molecule has 6 heteroatoms. The summed E-state index contributed by atoms with van der Waals surface area (Å²) in [5.41, 5.74) is -0.341. The zero-order valence-corrected chi connectivity index (χ0v) is 16.8. The largest absolute Gasteiger partial charge is 0.357 e. The van der Waals surface area contributed by atoms with E-state index >= 15 is 0 Å². The van der Waals surface area contributed by atoms with Crippen LogP contribution in [0.2, 0.25) is 0 Å². The molecule has 0 bridgehead atoms. The maximum Gasteiger partial charge on any atom is 0.225 e. The number of carbonyl (C=O) groups excluding carboxylic acids is 1. The molecule has 1 fully saturated rings. The molecular weight excluding hydrogens is 314 g/mol. The first kappa shape index (κ1) is 21.7. The number of rotatable bonds is 8. The van der Waals surface area contributed by atoms with Crippen molar-refractivity contribution >= 4 is 11.9 Å². The van der Waals surface area contributed by atoms with Crippen LogP contribution in [0.4, 0.5) is 0 Å². The summed E-state index contributed by atoms with van der Waals surface area (Å²) in [6.45, 7) is 14.4. The van der Waals surface area contributed by atoms with Crippen molar-refractivity contribution in [1.82, 2.24) is 20.9 Å². The Morgan fingerprint density at radius 2 is 1.64 bits per heavy atom. The Morgan fingerprint density at radius 3 is 2.24 bits per heavy atom. The van der Waals surface area contributed by atoms with Crippen LogP contribution in [0.5, 0.6) is 0 Å². The number of hydrogen-bond acceptors (Lipinski definition) is 3. The summed E-state index contributed by atoms with van der Waals surface area (Å²) in [5, 5.41) is 9.49. The van der Waals surface area contributed by atoms with E-state index in [1.54, 1.807) is 0 Å². The third-order valence-corrected chi connectivity index (χ3v) is 4.33. The average Bonchev–Trinajstić information content (AvgIpc) is 2.83. The van der Waals surface area contributed by atoms with E-state index in [0.717, 1.165) is 32.0 Å². The van der Waals surface area contributed by atoms with Gasteiger partial charge in [0.1, 0.15) is 0 Å². The number of aliphatic imine (C=N–C) groups is 1. The van der Waals surface area contributed by atoms with Crippen molar-refractivity contribution in [3.63, 3.8) is 0 Å². The molecule has 1 aliphatic rings. The predicted octanol–water partition coefficient (Wildman–Crippen LogP) is 1.97. The lowest BCUT2D eigenvalue weighted by Crippen LogP contribution is -2.43. The van der Waals surface area contributed by atoms with E-state index < -0.39 is 0 Å². The number of carbonyl (C=O) groups is 1. The second kappa shape index (κ2) is 12.1. The van der Waals surface area contributed by atoms with Crippen molar-refractivity contribution in [3.05, 3.63) is 0 Å². The highest BCUT2D eigenvalue weighted by Crippen LogP contribution is 2.12. The third-order valence-electron chi connectivity index (χ3n) is 4.33. The summed E-state index contributed by atoms with van der Waals surface area (Å²) in [5.74, 6) is 0.914. The summed E-state index contributed by atoms with van der Waals surface area (Å²) in [6, 6.07) is 0. The topological polar surface area (TPSA) is 68.8 Å². The molecule has 6 nitrogen and oxygen atoms in total. The number of nitrogens with one attached hydrogen (secondary N) is 3. The average molecular weight is 354 g/mol. The lowest BCUT2D eigenvalue weighted by molar-refractivity contribution is -0.128. The molecular formula is C19H39N5O. The zero-order chi connectivity index (χ0) is 18.5. The molecule has 146 valence electrons. The molecule has 1 aliphatic heterocycles. The smallest absolute Gasteiger partial charge is 0.225 e. The van der Waals surface area contributed by atoms with Crippen LogP contribution in [0.3, 0.4) is 0 Å². The second-order valence-electron chi connectivity index (χ2n) is 7.80. The van der Waals surface area contributed by atoms with Crippen LogP contribution >= 0.6 is 0 Å². The maximum absolute atomic E-state index is 11.8. The van der Waals surface area contributed by atoms with Crippen molar-refractivity contribution in [1.29, 1.82) is 0 Å². The van der Waals surface area contributed by atoms with Gasteiger partial charge >= 0.3 is 0 Å². The molecule has 0 aromatic carbocycles. The van der Waals surface area contributed by atoms with E-state index in [1.165, 1.54) is 38.8 Å². The fourth-order valence-corrected chi connectivity index (χ4v) is 2.81. The summed E-state index contributed by atoms with van der Waals surface area (Å²) in [4.78, 5) is 19.0. The van der Waals surface area contributed by atoms with Crippen molar-refractivity contribution in [2.75, 3.05) is 45.8 Å². The van der Waals surface area contributed by atoms with Crippen LogP contribution in [-0.2, 0) is 4.79 Å². The van der Waals surface area contributed by atoms with Crippen molar-refractivity contribution in [2.45, 2.75) is 59.8 Å². The van der Waals surface area contributed by atoms with E-state index in [0.29, 0.717) is 13.1 Å². The molecule has 0 saturated carbocycles. The van der Waals surface area contributed by atoms with Gasteiger partial charge in [0, 0.05) is 31.6 Å². The molecule has 1 heterocycles. The maximum atomic E-state index is 11.8. The van der Waals surface area contributed by atoms with Gasteiger partial charge in [0.2, 0.25) is 5.91 Å². The van der Waals surface area contributed by atoms with Crippen LogP contribution in [0.25, 0.3) is 0 Å². The Labute approximate surface area is 154 Å². The molecule has 3 N–H and O–H groups in total. The molecule has 0 aliphatic carbocycles. The SMILES string of the molecule is CCNC(=NCCCN1CCCCCC1)NCCNC(=O)C(C)(C)C. The molecule has 0 spiro atoms. The van der Waals surface area contributed by atoms with Crippen LogP contribution in [0.1, 0.15) is 59.8 Å². The minimum atomic E-state index is -0.341. The molecule has 1 rings (SSSR count). The fraction of sp³-hybridized carbons (Fsp3) is 0.895. The number of hydrogen-bond donors (Lipinski definition) is 3. The number of nitrogens with zero attached hydrogens (tertiary/aromatic N) is 2. The highest BCUT2D eigenvalue weighted by molar-refractivity contribution is 5.81. The minimum absolute atomic E-state index is 0.0775. The summed E-state index contributed by atoms with van der Waals surface area (Å²) in [7, 11) is 0. The quantitative estimate of drug-likeness (QED) is 0.354. The second-order valence-corrected chi connectivity index (χ2v) is 7.80. The van der Waals surface area contributed by atoms with E-state index in [1.807, 2.05) is 20.8 Å². The van der Waals surface area contributed by atoms with Crippen molar-refractivity contribution in [3.8, 4) is 0 Å². The molecule has 1 amide bonds. The van der Waals surface area contributed by atoms with Crippen molar-refractivity contribution in [2.24, 2.45) is 10.4 Å². The van der Waals surface area contributed by atoms with Crippen LogP contribution in [-0.4, -0.2) is 62.6 Å². The molecule has 0 atom stereocenters. The normalized spacial score (nSPS) is 17.0. The number of guanidine groups is 1. The molecule has 0 aromatic rings. The van der Waals surface area contributed by atoms with Gasteiger partial charge in [-0.15, -0.1) is 0 Å². The van der Waals surface area contributed by atoms with Crippen LogP contribution in [0.15, 0.2) is 4.99 Å². The van der Waals surface area contributed by atoms with Gasteiger partial charge < -0.3 is 20.9 Å². The standard InChI is InChI=1S/C19H39N5O/c1-5-20-18(23-13-12-21-17(25)19(2,3)4)22-11-10-16-24-14-8-6-7-9-15-24/h5-16H2,1-4H3,(H,21,25)(H2,20,22,23). The molecule has 0 aromatic heterocycles. The van der Waals surface area contributed by atoms with Crippen LogP contribution < -0.4 is 16.0 Å². The van der Waals surface area contributed by atoms with Gasteiger partial charge in [-0.2, -0.15) is 0 Å². The van der Waals surface area contributed by atoms with Gasteiger partial charge in [0.15, 0.2) is 5.96 Å². The van der Waals surface area contributed by atoms with E-state index in [-0.39, 0.29) is 11.3 Å². The van der Waals surface area contributed by atoms with Gasteiger partial charge in [-0.3, -0.25) is 9.79 Å².